The number of nitrogens with one attached hydrogen (secondary N) is 1. The first kappa shape index (κ1) is 22.0. The number of carboxylic acid groups (broad SMARTS) is 1. The Morgan fingerprint density at radius 3 is 2.74 bits per heavy atom. The number of oxazole rings is 1. The van der Waals surface area contributed by atoms with E-state index in [0.29, 0.717) is 27.2 Å². The predicted molar refractivity (Wildman–Crippen MR) is 126 cm³/mol. The molecule has 176 valence electrons. The third-order valence-corrected chi connectivity index (χ3v) is 6.35. The first-order valence-corrected chi connectivity index (χ1v) is 10.9. The lowest BCUT2D eigenvalue weighted by Crippen LogP contribution is -2.63. The zero-order valence-corrected chi connectivity index (χ0v) is 19.4. The molecule has 0 saturated carbocycles. The summed E-state index contributed by atoms with van der Waals surface area (Å²) in [4.78, 5) is 39.0. The fraction of sp³-hybridized carbons (Fsp3) is 0.318. The summed E-state index contributed by atoms with van der Waals surface area (Å²) in [6.07, 6.45) is 1.95. The Labute approximate surface area is 198 Å². The molecular weight excluding hydrogens is 462 g/mol. The summed E-state index contributed by atoms with van der Waals surface area (Å²) in [6.45, 7) is 6.18. The molecule has 4 aromatic rings. The molecule has 0 spiro atoms. The highest BCUT2D eigenvalue weighted by Crippen LogP contribution is 2.43. The van der Waals surface area contributed by atoms with Gasteiger partial charge < -0.3 is 24.7 Å². The maximum atomic E-state index is 13.3. The number of nitrogens with zero attached hydrogens (tertiary/aromatic N) is 5. The van der Waals surface area contributed by atoms with Gasteiger partial charge in [-0.3, -0.25) is 10.1 Å². The first-order valence-electron chi connectivity index (χ1n) is 10.5. The molecule has 0 radical (unpaired) electrons. The maximum Gasteiger partial charge on any atom is 0.407 e. The van der Waals surface area contributed by atoms with Crippen molar-refractivity contribution in [2.24, 2.45) is 5.41 Å². The highest BCUT2D eigenvalue weighted by molar-refractivity contribution is 6.34. The molecule has 2 unspecified atom stereocenters. The van der Waals surface area contributed by atoms with Gasteiger partial charge in [0.25, 0.3) is 5.91 Å². The number of nitrogens with two attached hydrogens (primary N) is 1. The molecular formula is C22H22ClN7O4. The van der Waals surface area contributed by atoms with E-state index < -0.39 is 12.0 Å². The fourth-order valence-corrected chi connectivity index (χ4v) is 4.84. The Kier molecular flexibility index (Phi) is 4.90. The smallest absolute Gasteiger partial charge is 0.407 e. The maximum absolute atomic E-state index is 13.3. The van der Waals surface area contributed by atoms with E-state index in [9.17, 15) is 14.7 Å². The van der Waals surface area contributed by atoms with Crippen molar-refractivity contribution in [3.63, 3.8) is 0 Å². The first-order chi connectivity index (χ1) is 16.1. The standard InChI is InChI=1S/C22H22ClN7O4/c1-22(2,3)16-12(8-30(16)21(32)33)29-7-10(14-17(24)25-9-26-18(14)29)19(31)28-20-27-15-11(23)5-4-6-13(15)34-20/h4-7,9,12,16H,8H2,1-3H3,(H,32,33)(H2,24,25,26)(H,27,28,31). The number of likely N-dealkylation sites (tertiary alicyclic amines) is 1. The molecule has 34 heavy (non-hydrogen) atoms. The van der Waals surface area contributed by atoms with Crippen LogP contribution in [0.25, 0.3) is 22.1 Å². The van der Waals surface area contributed by atoms with E-state index in [1.165, 1.54) is 11.2 Å². The van der Waals surface area contributed by atoms with Crippen LogP contribution in [0.3, 0.4) is 0 Å². The lowest BCUT2D eigenvalue weighted by molar-refractivity contribution is -0.0260. The number of aromatic nitrogens is 4. The second kappa shape index (κ2) is 7.59. The van der Waals surface area contributed by atoms with Crippen molar-refractivity contribution in [3.05, 3.63) is 41.3 Å². The van der Waals surface area contributed by atoms with Gasteiger partial charge in [0.15, 0.2) is 5.58 Å². The van der Waals surface area contributed by atoms with Gasteiger partial charge in [-0.25, -0.2) is 14.8 Å². The van der Waals surface area contributed by atoms with Crippen LogP contribution in [0.5, 0.6) is 0 Å². The summed E-state index contributed by atoms with van der Waals surface area (Å²) in [7, 11) is 0. The molecule has 1 aromatic carbocycles. The monoisotopic (exact) mass is 483 g/mol. The number of amides is 2. The normalized spacial score (nSPS) is 18.3. The minimum absolute atomic E-state index is 0.0160. The number of anilines is 2. The van der Waals surface area contributed by atoms with Gasteiger partial charge in [-0.05, 0) is 17.5 Å². The van der Waals surface area contributed by atoms with Crippen LogP contribution in [0.15, 0.2) is 35.1 Å². The van der Waals surface area contributed by atoms with Crippen LogP contribution in [0.1, 0.15) is 37.2 Å². The largest absolute Gasteiger partial charge is 0.465 e. The average molecular weight is 484 g/mol. The third kappa shape index (κ3) is 3.39. The zero-order valence-electron chi connectivity index (χ0n) is 18.6. The van der Waals surface area contributed by atoms with Gasteiger partial charge in [0, 0.05) is 12.7 Å². The van der Waals surface area contributed by atoms with Crippen LogP contribution < -0.4 is 11.1 Å². The van der Waals surface area contributed by atoms with Crippen LogP contribution in [-0.4, -0.2) is 54.1 Å². The van der Waals surface area contributed by atoms with Crippen LogP contribution in [0, 0.1) is 5.41 Å². The molecule has 12 heteroatoms. The van der Waals surface area contributed by atoms with E-state index in [1.54, 1.807) is 29.0 Å². The van der Waals surface area contributed by atoms with E-state index in [4.69, 9.17) is 21.8 Å². The highest BCUT2D eigenvalue weighted by Gasteiger charge is 2.50. The zero-order chi connectivity index (χ0) is 24.4. The number of carbonyl (C=O) groups is 2. The minimum Gasteiger partial charge on any atom is -0.465 e. The van der Waals surface area contributed by atoms with Gasteiger partial charge in [-0.2, -0.15) is 4.98 Å². The lowest BCUT2D eigenvalue weighted by atomic mass is 9.76. The van der Waals surface area contributed by atoms with Crippen molar-refractivity contribution >= 4 is 57.6 Å². The molecule has 3 aromatic heterocycles. The van der Waals surface area contributed by atoms with E-state index in [-0.39, 0.29) is 41.4 Å². The number of benzene rings is 1. The quantitative estimate of drug-likeness (QED) is 0.395. The third-order valence-electron chi connectivity index (χ3n) is 6.05. The summed E-state index contributed by atoms with van der Waals surface area (Å²) in [5.74, 6) is -0.383. The van der Waals surface area contributed by atoms with Gasteiger partial charge in [0.2, 0.25) is 0 Å². The number of nitrogen functional groups attached to an aromatic ring is 1. The minimum atomic E-state index is -0.991. The summed E-state index contributed by atoms with van der Waals surface area (Å²) < 4.78 is 7.41. The van der Waals surface area contributed by atoms with Crippen LogP contribution in [0.2, 0.25) is 5.02 Å². The van der Waals surface area contributed by atoms with Crippen LogP contribution in [0.4, 0.5) is 16.6 Å². The highest BCUT2D eigenvalue weighted by atomic mass is 35.5. The van der Waals surface area contributed by atoms with Crippen molar-refractivity contribution < 1.29 is 19.1 Å². The summed E-state index contributed by atoms with van der Waals surface area (Å²) in [6, 6.07) is 4.51. The predicted octanol–water partition coefficient (Wildman–Crippen LogP) is 4.01. The molecule has 1 saturated heterocycles. The molecule has 11 nitrogen and oxygen atoms in total. The Bertz CT molecular complexity index is 1460. The summed E-state index contributed by atoms with van der Waals surface area (Å²) >= 11 is 6.15. The molecule has 1 aliphatic heterocycles. The second-order valence-electron chi connectivity index (χ2n) is 9.28. The molecule has 4 N–H and O–H groups in total. The molecule has 0 bridgehead atoms. The number of carbonyl (C=O) groups excluding carboxylic acids is 1. The lowest BCUT2D eigenvalue weighted by Gasteiger charge is -2.53. The SMILES string of the molecule is CC(C)(C)C1C(n2cc(C(=O)Nc3nc4c(Cl)cccc4o3)c3c(N)ncnc32)CN1C(=O)O. The molecule has 2 atom stereocenters. The number of para-hydroxylation sites is 1. The van der Waals surface area contributed by atoms with Crippen LogP contribution >= 0.6 is 11.6 Å². The molecule has 2 amide bonds. The molecule has 4 heterocycles. The fourth-order valence-electron chi connectivity index (χ4n) is 4.63. The topological polar surface area (TPSA) is 152 Å². The number of hydrogen-bond donors (Lipinski definition) is 3. The van der Waals surface area contributed by atoms with E-state index >= 15 is 0 Å². The summed E-state index contributed by atoms with van der Waals surface area (Å²) in [5, 5.41) is 13.0. The van der Waals surface area contributed by atoms with Gasteiger partial charge in [-0.15, -0.1) is 0 Å². The van der Waals surface area contributed by atoms with Crippen LogP contribution in [-0.2, 0) is 0 Å². The number of halogens is 1. The van der Waals surface area contributed by atoms with E-state index in [2.05, 4.69) is 20.3 Å². The van der Waals surface area contributed by atoms with Gasteiger partial charge in [0.1, 0.15) is 23.3 Å². The van der Waals surface area contributed by atoms with Gasteiger partial charge in [0.05, 0.1) is 28.1 Å². The number of fused-ring (bicyclic) bond motifs is 2. The van der Waals surface area contributed by atoms with Gasteiger partial charge >= 0.3 is 12.1 Å². The Morgan fingerprint density at radius 2 is 2.06 bits per heavy atom. The molecule has 0 aliphatic carbocycles. The Morgan fingerprint density at radius 1 is 1.29 bits per heavy atom. The number of hydrogen-bond acceptors (Lipinski definition) is 7. The second-order valence-corrected chi connectivity index (χ2v) is 9.69. The molecule has 1 fully saturated rings. The molecule has 5 rings (SSSR count). The van der Waals surface area contributed by atoms with Crippen molar-refractivity contribution in [2.45, 2.75) is 32.9 Å². The van der Waals surface area contributed by atoms with Crippen molar-refractivity contribution in [1.82, 2.24) is 24.4 Å². The average Bonchev–Trinajstić information content (AvgIpc) is 3.29. The summed E-state index contributed by atoms with van der Waals surface area (Å²) in [5.41, 5.74) is 7.32. The van der Waals surface area contributed by atoms with Crippen molar-refractivity contribution in [3.8, 4) is 0 Å². The number of rotatable bonds is 3. The van der Waals surface area contributed by atoms with E-state index in [0.717, 1.165) is 0 Å². The molecule has 1 aliphatic rings. The van der Waals surface area contributed by atoms with Crippen molar-refractivity contribution in [1.29, 1.82) is 0 Å². The van der Waals surface area contributed by atoms with E-state index in [1.807, 2.05) is 20.8 Å². The Hall–Kier alpha value is -3.86. The van der Waals surface area contributed by atoms with Crippen molar-refractivity contribution in [2.75, 3.05) is 17.6 Å². The van der Waals surface area contributed by atoms with Gasteiger partial charge in [-0.1, -0.05) is 38.4 Å². The Balaban J connectivity index is 1.55.